The zero-order valence-electron chi connectivity index (χ0n) is 8.94. The molecule has 0 saturated carbocycles. The summed E-state index contributed by atoms with van der Waals surface area (Å²) in [6, 6.07) is 9.27. The average Bonchev–Trinajstić information content (AvgIpc) is 2.18. The Morgan fingerprint density at radius 3 is 2.47 bits per heavy atom. The molecule has 0 spiro atoms. The van der Waals surface area contributed by atoms with Crippen LogP contribution in [-0.4, -0.2) is 27.3 Å². The Labute approximate surface area is 91.4 Å². The minimum absolute atomic E-state index is 0.138. The van der Waals surface area contributed by atoms with Gasteiger partial charge in [0.25, 0.3) is 0 Å². The fourth-order valence-electron chi connectivity index (χ4n) is 1.30. The molecule has 0 bridgehead atoms. The van der Waals surface area contributed by atoms with Crippen LogP contribution in [0.1, 0.15) is 12.5 Å². The number of hydrogen-bond donors (Lipinski definition) is 1. The second kappa shape index (κ2) is 5.88. The molecule has 0 fully saturated rings. The Morgan fingerprint density at radius 1 is 1.20 bits per heavy atom. The summed E-state index contributed by atoms with van der Waals surface area (Å²) in [5, 5.41) is 3.01. The second-order valence-corrected chi connectivity index (χ2v) is 5.62. The van der Waals surface area contributed by atoms with Crippen molar-refractivity contribution < 1.29 is 8.42 Å². The molecule has 4 heteroatoms. The van der Waals surface area contributed by atoms with E-state index in [4.69, 9.17) is 0 Å². The maximum absolute atomic E-state index is 11.6. The Hall–Kier alpha value is -0.870. The van der Waals surface area contributed by atoms with Gasteiger partial charge in [0.2, 0.25) is 0 Å². The highest BCUT2D eigenvalue weighted by molar-refractivity contribution is 7.90. The molecular weight excluding hydrogens is 210 g/mol. The van der Waals surface area contributed by atoms with Crippen LogP contribution in [0, 0.1) is 0 Å². The average molecular weight is 227 g/mol. The van der Waals surface area contributed by atoms with Crippen molar-refractivity contribution in [1.82, 2.24) is 5.32 Å². The lowest BCUT2D eigenvalue weighted by Crippen LogP contribution is -2.23. The molecule has 0 heterocycles. The molecule has 1 N–H and O–H groups in total. The predicted octanol–water partition coefficient (Wildman–Crippen LogP) is 1.21. The minimum Gasteiger partial charge on any atom is -0.316 e. The summed E-state index contributed by atoms with van der Waals surface area (Å²) in [6.07, 6.45) is 0. The van der Waals surface area contributed by atoms with Crippen LogP contribution in [0.4, 0.5) is 0 Å². The number of hydrogen-bond acceptors (Lipinski definition) is 3. The van der Waals surface area contributed by atoms with Crippen LogP contribution >= 0.6 is 0 Å². The first-order valence-electron chi connectivity index (χ1n) is 5.09. The summed E-state index contributed by atoms with van der Waals surface area (Å²) >= 11 is 0. The van der Waals surface area contributed by atoms with E-state index >= 15 is 0 Å². The molecule has 0 unspecified atom stereocenters. The molecule has 0 atom stereocenters. The van der Waals surface area contributed by atoms with Gasteiger partial charge in [-0.15, -0.1) is 0 Å². The van der Waals surface area contributed by atoms with Gasteiger partial charge < -0.3 is 5.32 Å². The topological polar surface area (TPSA) is 46.2 Å². The van der Waals surface area contributed by atoms with E-state index in [1.54, 1.807) is 0 Å². The predicted molar refractivity (Wildman–Crippen MR) is 62.5 cm³/mol. The lowest BCUT2D eigenvalue weighted by Gasteiger charge is -2.04. The van der Waals surface area contributed by atoms with Gasteiger partial charge in [-0.2, -0.15) is 0 Å². The van der Waals surface area contributed by atoms with Crippen LogP contribution in [0.2, 0.25) is 0 Å². The summed E-state index contributed by atoms with van der Waals surface area (Å²) in [5.74, 6) is 0.342. The van der Waals surface area contributed by atoms with Crippen molar-refractivity contribution in [3.05, 3.63) is 35.9 Å². The molecule has 15 heavy (non-hydrogen) atoms. The fourth-order valence-corrected chi connectivity index (χ4v) is 2.60. The molecule has 0 aliphatic heterocycles. The first kappa shape index (κ1) is 12.2. The molecule has 0 radical (unpaired) electrons. The van der Waals surface area contributed by atoms with Gasteiger partial charge in [-0.1, -0.05) is 37.3 Å². The number of rotatable bonds is 6. The highest BCUT2D eigenvalue weighted by atomic mass is 32.2. The van der Waals surface area contributed by atoms with E-state index in [0.29, 0.717) is 6.54 Å². The van der Waals surface area contributed by atoms with Gasteiger partial charge in [-0.05, 0) is 12.1 Å². The van der Waals surface area contributed by atoms with Crippen LogP contribution in [-0.2, 0) is 15.6 Å². The van der Waals surface area contributed by atoms with E-state index in [1.165, 1.54) is 0 Å². The maximum Gasteiger partial charge on any atom is 0.155 e. The number of benzene rings is 1. The van der Waals surface area contributed by atoms with Gasteiger partial charge in [0.1, 0.15) is 0 Å². The van der Waals surface area contributed by atoms with E-state index in [9.17, 15) is 8.42 Å². The van der Waals surface area contributed by atoms with Crippen molar-refractivity contribution in [2.45, 2.75) is 12.7 Å². The first-order chi connectivity index (χ1) is 7.14. The second-order valence-electron chi connectivity index (χ2n) is 3.43. The number of nitrogens with one attached hydrogen (secondary N) is 1. The van der Waals surface area contributed by atoms with E-state index in [-0.39, 0.29) is 11.5 Å². The van der Waals surface area contributed by atoms with E-state index < -0.39 is 9.84 Å². The van der Waals surface area contributed by atoms with E-state index in [1.807, 2.05) is 37.3 Å². The summed E-state index contributed by atoms with van der Waals surface area (Å²) in [5.41, 5.74) is 0.856. The molecule has 0 amide bonds. The maximum atomic E-state index is 11.6. The molecule has 0 aliphatic carbocycles. The van der Waals surface area contributed by atoms with Crippen LogP contribution in [0.5, 0.6) is 0 Å². The monoisotopic (exact) mass is 227 g/mol. The molecule has 1 rings (SSSR count). The summed E-state index contributed by atoms with van der Waals surface area (Å²) in [6.45, 7) is 3.30. The van der Waals surface area contributed by atoms with Crippen LogP contribution in [0.15, 0.2) is 30.3 Å². The van der Waals surface area contributed by atoms with Crippen molar-refractivity contribution >= 4 is 9.84 Å². The third kappa shape index (κ3) is 4.95. The summed E-state index contributed by atoms with van der Waals surface area (Å²) in [4.78, 5) is 0. The zero-order chi connectivity index (χ0) is 11.1. The Bertz CT molecular complexity index is 373. The van der Waals surface area contributed by atoms with Crippen LogP contribution in [0.3, 0.4) is 0 Å². The Morgan fingerprint density at radius 2 is 1.87 bits per heavy atom. The van der Waals surface area contributed by atoms with E-state index in [2.05, 4.69) is 5.32 Å². The smallest absolute Gasteiger partial charge is 0.155 e. The first-order valence-corrected chi connectivity index (χ1v) is 6.91. The van der Waals surface area contributed by atoms with Gasteiger partial charge in [-0.25, -0.2) is 8.42 Å². The minimum atomic E-state index is -2.97. The molecule has 0 saturated heterocycles. The summed E-state index contributed by atoms with van der Waals surface area (Å²) in [7, 11) is -2.97. The highest BCUT2D eigenvalue weighted by Gasteiger charge is 2.10. The molecule has 0 aliphatic rings. The Kier molecular flexibility index (Phi) is 4.78. The molecule has 1 aromatic rings. The Balaban J connectivity index is 2.50. The normalized spacial score (nSPS) is 11.5. The molecular formula is C11H17NO2S. The third-order valence-electron chi connectivity index (χ3n) is 2.07. The van der Waals surface area contributed by atoms with Gasteiger partial charge in [0, 0.05) is 6.54 Å². The van der Waals surface area contributed by atoms with Crippen molar-refractivity contribution in [2.75, 3.05) is 18.8 Å². The molecule has 0 aromatic heterocycles. The molecule has 3 nitrogen and oxygen atoms in total. The molecule has 1 aromatic carbocycles. The SMILES string of the molecule is CCNCCS(=O)(=O)Cc1ccccc1. The zero-order valence-corrected chi connectivity index (χ0v) is 9.76. The number of sulfone groups is 1. The lowest BCUT2D eigenvalue weighted by atomic mass is 10.2. The lowest BCUT2D eigenvalue weighted by molar-refractivity contribution is 0.591. The highest BCUT2D eigenvalue weighted by Crippen LogP contribution is 2.05. The third-order valence-corrected chi connectivity index (χ3v) is 3.67. The quantitative estimate of drug-likeness (QED) is 0.743. The van der Waals surface area contributed by atoms with Crippen LogP contribution < -0.4 is 5.32 Å². The van der Waals surface area contributed by atoms with Crippen molar-refractivity contribution in [3.8, 4) is 0 Å². The molecule has 84 valence electrons. The van der Waals surface area contributed by atoms with Crippen molar-refractivity contribution in [3.63, 3.8) is 0 Å². The van der Waals surface area contributed by atoms with Gasteiger partial charge in [0.05, 0.1) is 11.5 Å². The van der Waals surface area contributed by atoms with Gasteiger partial charge in [-0.3, -0.25) is 0 Å². The van der Waals surface area contributed by atoms with Gasteiger partial charge >= 0.3 is 0 Å². The van der Waals surface area contributed by atoms with E-state index in [0.717, 1.165) is 12.1 Å². The standard InChI is InChI=1S/C11H17NO2S/c1-2-12-8-9-15(13,14)10-11-6-4-3-5-7-11/h3-7,12H,2,8-10H2,1H3. The van der Waals surface area contributed by atoms with Crippen LogP contribution in [0.25, 0.3) is 0 Å². The summed E-state index contributed by atoms with van der Waals surface area (Å²) < 4.78 is 23.3. The largest absolute Gasteiger partial charge is 0.316 e. The van der Waals surface area contributed by atoms with Crippen molar-refractivity contribution in [2.24, 2.45) is 0 Å². The van der Waals surface area contributed by atoms with Gasteiger partial charge in [0.15, 0.2) is 9.84 Å². The fraction of sp³-hybridized carbons (Fsp3) is 0.455. The van der Waals surface area contributed by atoms with Crippen molar-refractivity contribution in [1.29, 1.82) is 0 Å².